The molecule has 2 N–H and O–H groups in total. The molecule has 1 aliphatic rings. The number of primary amides is 1. The minimum absolute atomic E-state index is 0.409. The number of hydrogen-bond donors (Lipinski definition) is 1. The molecule has 2 atom stereocenters. The van der Waals surface area contributed by atoms with Gasteiger partial charge in [0.05, 0.1) is 11.1 Å². The lowest BCUT2D eigenvalue weighted by atomic mass is 9.97. The Bertz CT molecular complexity index is 404. The van der Waals surface area contributed by atoms with Crippen LogP contribution in [0.4, 0.5) is 4.39 Å². The highest BCUT2D eigenvalue weighted by atomic mass is 31.0. The molecule has 1 aromatic rings. The number of alkyl halides is 1. The fourth-order valence-electron chi connectivity index (χ4n) is 1.77. The van der Waals surface area contributed by atoms with E-state index in [9.17, 15) is 9.18 Å². The van der Waals surface area contributed by atoms with Gasteiger partial charge in [-0.2, -0.15) is 0 Å². The van der Waals surface area contributed by atoms with Gasteiger partial charge in [-0.3, -0.25) is 9.78 Å². The topological polar surface area (TPSA) is 56.0 Å². The summed E-state index contributed by atoms with van der Waals surface area (Å²) in [6.07, 6.45) is 2.91. The van der Waals surface area contributed by atoms with Crippen molar-refractivity contribution in [2.24, 2.45) is 5.73 Å². The number of nitrogens with zero attached hydrogens (tertiary/aromatic N) is 1. The van der Waals surface area contributed by atoms with Crippen molar-refractivity contribution in [3.8, 4) is 0 Å². The highest BCUT2D eigenvalue weighted by molar-refractivity contribution is 7.16. The minimum atomic E-state index is -1.20. The van der Waals surface area contributed by atoms with Crippen LogP contribution in [0.3, 0.4) is 0 Å². The summed E-state index contributed by atoms with van der Waals surface area (Å²) in [6.45, 7) is 0. The van der Waals surface area contributed by atoms with Crippen molar-refractivity contribution in [1.82, 2.24) is 4.98 Å². The van der Waals surface area contributed by atoms with Crippen molar-refractivity contribution in [3.05, 3.63) is 29.6 Å². The number of amides is 1. The van der Waals surface area contributed by atoms with Gasteiger partial charge in [-0.05, 0) is 18.9 Å². The molecular formula is C10H12FN2OP. The van der Waals surface area contributed by atoms with Crippen molar-refractivity contribution < 1.29 is 9.18 Å². The maximum absolute atomic E-state index is 13.3. The number of pyridine rings is 1. The smallest absolute Gasteiger partial charge is 0.229 e. The Morgan fingerprint density at radius 1 is 1.67 bits per heavy atom. The molecule has 1 fully saturated rings. The molecule has 0 radical (unpaired) electrons. The maximum Gasteiger partial charge on any atom is 0.229 e. The van der Waals surface area contributed by atoms with E-state index in [0.717, 1.165) is 0 Å². The van der Waals surface area contributed by atoms with E-state index in [-0.39, 0.29) is 0 Å². The van der Waals surface area contributed by atoms with Crippen molar-refractivity contribution in [2.45, 2.75) is 24.2 Å². The summed E-state index contributed by atoms with van der Waals surface area (Å²) in [5.74, 6) is -1.61. The second-order valence-electron chi connectivity index (χ2n) is 3.79. The second-order valence-corrected chi connectivity index (χ2v) is 4.37. The van der Waals surface area contributed by atoms with Crippen molar-refractivity contribution in [1.29, 1.82) is 0 Å². The Kier molecular flexibility index (Phi) is 2.47. The first-order chi connectivity index (χ1) is 7.08. The van der Waals surface area contributed by atoms with Crippen LogP contribution in [0.5, 0.6) is 0 Å². The molecule has 1 aromatic heterocycles. The predicted molar refractivity (Wildman–Crippen MR) is 57.9 cm³/mol. The van der Waals surface area contributed by atoms with Gasteiger partial charge in [-0.25, -0.2) is 4.39 Å². The molecule has 5 heteroatoms. The first kappa shape index (κ1) is 10.5. The van der Waals surface area contributed by atoms with Gasteiger partial charge >= 0.3 is 0 Å². The van der Waals surface area contributed by atoms with E-state index in [1.807, 2.05) is 0 Å². The first-order valence-electron chi connectivity index (χ1n) is 4.73. The third kappa shape index (κ3) is 1.63. The summed E-state index contributed by atoms with van der Waals surface area (Å²) in [4.78, 5) is 15.4. The Morgan fingerprint density at radius 2 is 2.33 bits per heavy atom. The predicted octanol–water partition coefficient (Wildman–Crippen LogP) is 1.44. The maximum atomic E-state index is 13.3. The van der Waals surface area contributed by atoms with Crippen LogP contribution in [0.15, 0.2) is 18.3 Å². The van der Waals surface area contributed by atoms with Crippen molar-refractivity contribution in [3.63, 3.8) is 0 Å². The first-order valence-corrected chi connectivity index (χ1v) is 5.39. The van der Waals surface area contributed by atoms with E-state index in [1.54, 1.807) is 18.3 Å². The van der Waals surface area contributed by atoms with Crippen molar-refractivity contribution >= 4 is 15.1 Å². The molecule has 0 saturated heterocycles. The van der Waals surface area contributed by atoms with E-state index < -0.39 is 17.2 Å². The lowest BCUT2D eigenvalue weighted by Crippen LogP contribution is -2.30. The Hall–Kier alpha value is -1.02. The van der Waals surface area contributed by atoms with E-state index in [0.29, 0.717) is 24.1 Å². The third-order valence-corrected chi connectivity index (χ3v) is 3.17. The Morgan fingerprint density at radius 3 is 2.80 bits per heavy atom. The van der Waals surface area contributed by atoms with Gasteiger partial charge in [-0.15, -0.1) is 0 Å². The molecule has 80 valence electrons. The van der Waals surface area contributed by atoms with E-state index in [2.05, 4.69) is 14.2 Å². The van der Waals surface area contributed by atoms with Crippen LogP contribution in [0.1, 0.15) is 30.0 Å². The zero-order valence-electron chi connectivity index (χ0n) is 8.11. The summed E-state index contributed by atoms with van der Waals surface area (Å²) in [5, 5.41) is 0. The summed E-state index contributed by atoms with van der Waals surface area (Å²) in [6, 6.07) is 3.30. The molecule has 1 amide bonds. The largest absolute Gasteiger partial charge is 0.369 e. The summed E-state index contributed by atoms with van der Waals surface area (Å²) >= 11 is 0. The quantitative estimate of drug-likeness (QED) is 0.793. The van der Waals surface area contributed by atoms with Crippen LogP contribution < -0.4 is 5.73 Å². The van der Waals surface area contributed by atoms with E-state index in [1.165, 1.54) is 0 Å². The lowest BCUT2D eigenvalue weighted by molar-refractivity contribution is -0.120. The number of rotatable bonds is 3. The molecule has 1 saturated carbocycles. The van der Waals surface area contributed by atoms with Gasteiger partial charge < -0.3 is 5.73 Å². The van der Waals surface area contributed by atoms with Crippen LogP contribution >= 0.6 is 9.24 Å². The zero-order valence-corrected chi connectivity index (χ0v) is 9.27. The standard InChI is InChI=1S/C10H12FN2OP/c11-8(15)6-2-1-5-13-7(6)10(3-4-10)9(12)14/h1-2,5,8H,3-4,15H2,(H2,12,14). The fraction of sp³-hybridized carbons (Fsp3) is 0.400. The summed E-state index contributed by atoms with van der Waals surface area (Å²) in [5.41, 5.74) is 5.56. The minimum Gasteiger partial charge on any atom is -0.369 e. The van der Waals surface area contributed by atoms with Gasteiger partial charge in [-0.1, -0.05) is 15.3 Å². The molecule has 15 heavy (non-hydrogen) atoms. The molecule has 1 aliphatic carbocycles. The monoisotopic (exact) mass is 226 g/mol. The normalized spacial score (nSPS) is 19.6. The van der Waals surface area contributed by atoms with Gasteiger partial charge in [0, 0.05) is 11.8 Å². The molecule has 3 nitrogen and oxygen atoms in total. The molecule has 2 rings (SSSR count). The average molecular weight is 226 g/mol. The van der Waals surface area contributed by atoms with Gasteiger partial charge in [0.25, 0.3) is 0 Å². The van der Waals surface area contributed by atoms with Gasteiger partial charge in [0.1, 0.15) is 5.91 Å². The fourth-order valence-corrected chi connectivity index (χ4v) is 2.03. The SMILES string of the molecule is NC(=O)C1(c2ncccc2C(F)P)CC1. The van der Waals surface area contributed by atoms with Crippen LogP contribution in [0, 0.1) is 0 Å². The average Bonchev–Trinajstić information content (AvgIpc) is 2.98. The molecular weight excluding hydrogens is 214 g/mol. The van der Waals surface area contributed by atoms with Crippen LogP contribution in [0.25, 0.3) is 0 Å². The molecule has 2 unspecified atom stereocenters. The summed E-state index contributed by atoms with van der Waals surface area (Å²) < 4.78 is 13.3. The number of carbonyl (C=O) groups is 1. The van der Waals surface area contributed by atoms with Crippen LogP contribution in [-0.4, -0.2) is 10.9 Å². The highest BCUT2D eigenvalue weighted by Gasteiger charge is 2.52. The molecule has 0 spiro atoms. The highest BCUT2D eigenvalue weighted by Crippen LogP contribution is 2.49. The molecule has 0 aliphatic heterocycles. The van der Waals surface area contributed by atoms with Gasteiger partial charge in [0.15, 0.2) is 0 Å². The van der Waals surface area contributed by atoms with Crippen LogP contribution in [-0.2, 0) is 10.2 Å². The number of halogens is 1. The van der Waals surface area contributed by atoms with E-state index >= 15 is 0 Å². The van der Waals surface area contributed by atoms with Crippen LogP contribution in [0.2, 0.25) is 0 Å². The number of nitrogens with two attached hydrogens (primary N) is 1. The zero-order chi connectivity index (χ0) is 11.1. The number of hydrogen-bond acceptors (Lipinski definition) is 2. The second kappa shape index (κ2) is 3.53. The third-order valence-electron chi connectivity index (χ3n) is 2.81. The Labute approximate surface area is 89.5 Å². The number of carbonyl (C=O) groups excluding carboxylic acids is 1. The number of aromatic nitrogens is 1. The molecule has 0 bridgehead atoms. The Balaban J connectivity index is 2.49. The van der Waals surface area contributed by atoms with E-state index in [4.69, 9.17) is 5.73 Å². The lowest BCUT2D eigenvalue weighted by Gasteiger charge is -2.15. The summed E-state index contributed by atoms with van der Waals surface area (Å²) in [7, 11) is 2.07. The molecule has 1 heterocycles. The van der Waals surface area contributed by atoms with Gasteiger partial charge in [0.2, 0.25) is 5.91 Å². The van der Waals surface area contributed by atoms with Crippen molar-refractivity contribution in [2.75, 3.05) is 0 Å². The molecule has 0 aromatic carbocycles.